The van der Waals surface area contributed by atoms with Crippen LogP contribution >= 0.6 is 11.6 Å². The van der Waals surface area contributed by atoms with E-state index < -0.39 is 0 Å². The number of halogens is 1. The standard InChI is InChI=1S/C13H14ClN3/c1-2-12-7-13(17-9-16-12)15-8-10-3-5-11(14)6-4-10/h3-7,9H,2,8H2,1H3,(H,15,16,17). The number of nitrogens with zero attached hydrogens (tertiary/aromatic N) is 2. The SMILES string of the molecule is CCc1cc(NCc2ccc(Cl)cc2)ncn1. The van der Waals surface area contributed by atoms with Crippen LogP contribution in [0.15, 0.2) is 36.7 Å². The predicted octanol–water partition coefficient (Wildman–Crippen LogP) is 3.30. The minimum absolute atomic E-state index is 0.733. The highest BCUT2D eigenvalue weighted by atomic mass is 35.5. The Morgan fingerprint density at radius 2 is 1.94 bits per heavy atom. The molecule has 4 heteroatoms. The second-order valence-electron chi connectivity index (χ2n) is 3.73. The van der Waals surface area contributed by atoms with E-state index in [1.807, 2.05) is 30.3 Å². The first kappa shape index (κ1) is 11.9. The van der Waals surface area contributed by atoms with E-state index in [9.17, 15) is 0 Å². The molecule has 2 rings (SSSR count). The molecule has 0 spiro atoms. The zero-order chi connectivity index (χ0) is 12.1. The van der Waals surface area contributed by atoms with E-state index in [1.165, 1.54) is 5.56 Å². The lowest BCUT2D eigenvalue weighted by atomic mass is 10.2. The van der Waals surface area contributed by atoms with E-state index in [2.05, 4.69) is 22.2 Å². The molecule has 1 aromatic carbocycles. The molecule has 0 atom stereocenters. The largest absolute Gasteiger partial charge is 0.366 e. The summed E-state index contributed by atoms with van der Waals surface area (Å²) in [5.74, 6) is 0.854. The van der Waals surface area contributed by atoms with Crippen molar-refractivity contribution in [2.45, 2.75) is 19.9 Å². The van der Waals surface area contributed by atoms with Gasteiger partial charge in [0.1, 0.15) is 12.1 Å². The molecule has 0 fully saturated rings. The van der Waals surface area contributed by atoms with Gasteiger partial charge in [-0.2, -0.15) is 0 Å². The van der Waals surface area contributed by atoms with Crippen LogP contribution in [-0.2, 0) is 13.0 Å². The van der Waals surface area contributed by atoms with E-state index in [4.69, 9.17) is 11.6 Å². The number of hydrogen-bond donors (Lipinski definition) is 1. The molecule has 0 aliphatic rings. The minimum atomic E-state index is 0.733. The van der Waals surface area contributed by atoms with E-state index in [-0.39, 0.29) is 0 Å². The molecule has 0 unspecified atom stereocenters. The van der Waals surface area contributed by atoms with Gasteiger partial charge in [-0.1, -0.05) is 30.7 Å². The van der Waals surface area contributed by atoms with Crippen LogP contribution in [0.25, 0.3) is 0 Å². The van der Waals surface area contributed by atoms with Gasteiger partial charge in [-0.3, -0.25) is 0 Å². The van der Waals surface area contributed by atoms with Crippen molar-refractivity contribution in [1.29, 1.82) is 0 Å². The molecule has 0 saturated carbocycles. The van der Waals surface area contributed by atoms with Gasteiger partial charge in [0.05, 0.1) is 0 Å². The molecular weight excluding hydrogens is 234 g/mol. The second-order valence-corrected chi connectivity index (χ2v) is 4.16. The van der Waals surface area contributed by atoms with Crippen molar-refractivity contribution in [1.82, 2.24) is 9.97 Å². The minimum Gasteiger partial charge on any atom is -0.366 e. The summed E-state index contributed by atoms with van der Waals surface area (Å²) >= 11 is 5.83. The first-order valence-corrected chi connectivity index (χ1v) is 5.95. The van der Waals surface area contributed by atoms with Crippen molar-refractivity contribution in [3.8, 4) is 0 Å². The van der Waals surface area contributed by atoms with Gasteiger partial charge in [0.15, 0.2) is 0 Å². The summed E-state index contributed by atoms with van der Waals surface area (Å²) in [6, 6.07) is 9.73. The van der Waals surface area contributed by atoms with Crippen LogP contribution in [0.5, 0.6) is 0 Å². The molecule has 0 radical (unpaired) electrons. The lowest BCUT2D eigenvalue weighted by Crippen LogP contribution is -2.02. The molecule has 0 saturated heterocycles. The number of nitrogens with one attached hydrogen (secondary N) is 1. The van der Waals surface area contributed by atoms with Crippen LogP contribution in [0.4, 0.5) is 5.82 Å². The highest BCUT2D eigenvalue weighted by Crippen LogP contribution is 2.11. The van der Waals surface area contributed by atoms with Gasteiger partial charge in [-0.05, 0) is 24.1 Å². The van der Waals surface area contributed by atoms with Crippen LogP contribution in [-0.4, -0.2) is 9.97 Å². The maximum atomic E-state index is 5.83. The van der Waals surface area contributed by atoms with Gasteiger partial charge in [-0.25, -0.2) is 9.97 Å². The van der Waals surface area contributed by atoms with Gasteiger partial charge in [0, 0.05) is 23.3 Å². The number of aromatic nitrogens is 2. The Kier molecular flexibility index (Phi) is 3.94. The summed E-state index contributed by atoms with van der Waals surface area (Å²) < 4.78 is 0. The molecule has 88 valence electrons. The van der Waals surface area contributed by atoms with E-state index in [1.54, 1.807) is 6.33 Å². The van der Waals surface area contributed by atoms with Gasteiger partial charge in [0.2, 0.25) is 0 Å². The Morgan fingerprint density at radius 3 is 2.65 bits per heavy atom. The van der Waals surface area contributed by atoms with Crippen molar-refractivity contribution in [3.05, 3.63) is 52.9 Å². The van der Waals surface area contributed by atoms with Crippen LogP contribution in [0.3, 0.4) is 0 Å². The first-order valence-electron chi connectivity index (χ1n) is 5.57. The molecule has 1 N–H and O–H groups in total. The maximum absolute atomic E-state index is 5.83. The van der Waals surface area contributed by atoms with Crippen molar-refractivity contribution in [3.63, 3.8) is 0 Å². The third-order valence-corrected chi connectivity index (χ3v) is 2.72. The zero-order valence-corrected chi connectivity index (χ0v) is 10.4. The molecule has 0 aliphatic carbocycles. The molecule has 0 aliphatic heterocycles. The van der Waals surface area contributed by atoms with Crippen LogP contribution in [0.2, 0.25) is 5.02 Å². The Morgan fingerprint density at radius 1 is 1.18 bits per heavy atom. The molecule has 2 aromatic rings. The molecule has 1 heterocycles. The fourth-order valence-corrected chi connectivity index (χ4v) is 1.61. The van der Waals surface area contributed by atoms with Gasteiger partial charge < -0.3 is 5.32 Å². The van der Waals surface area contributed by atoms with Crippen molar-refractivity contribution in [2.24, 2.45) is 0 Å². The Balaban J connectivity index is 1.99. The summed E-state index contributed by atoms with van der Waals surface area (Å²) in [4.78, 5) is 8.33. The highest BCUT2D eigenvalue weighted by Gasteiger charge is 1.97. The van der Waals surface area contributed by atoms with Crippen LogP contribution in [0.1, 0.15) is 18.2 Å². The van der Waals surface area contributed by atoms with Crippen LogP contribution in [0, 0.1) is 0 Å². The fraction of sp³-hybridized carbons (Fsp3) is 0.231. The summed E-state index contributed by atoms with van der Waals surface area (Å²) in [6.45, 7) is 2.81. The van der Waals surface area contributed by atoms with E-state index in [0.29, 0.717) is 0 Å². The lowest BCUT2D eigenvalue weighted by Gasteiger charge is -2.06. The number of anilines is 1. The molecule has 0 bridgehead atoms. The van der Waals surface area contributed by atoms with Crippen molar-refractivity contribution in [2.75, 3.05) is 5.32 Å². The third kappa shape index (κ3) is 3.43. The second kappa shape index (κ2) is 5.64. The molecular formula is C13H14ClN3. The van der Waals surface area contributed by atoms with Gasteiger partial charge in [0.25, 0.3) is 0 Å². The van der Waals surface area contributed by atoms with E-state index >= 15 is 0 Å². The molecule has 0 amide bonds. The number of rotatable bonds is 4. The first-order chi connectivity index (χ1) is 8.28. The Labute approximate surface area is 106 Å². The fourth-order valence-electron chi connectivity index (χ4n) is 1.48. The van der Waals surface area contributed by atoms with Crippen molar-refractivity contribution < 1.29 is 0 Å². The number of hydrogen-bond acceptors (Lipinski definition) is 3. The summed E-state index contributed by atoms with van der Waals surface area (Å²) in [5.41, 5.74) is 2.21. The third-order valence-electron chi connectivity index (χ3n) is 2.47. The average Bonchev–Trinajstić information content (AvgIpc) is 2.38. The number of aryl methyl sites for hydroxylation is 1. The predicted molar refractivity (Wildman–Crippen MR) is 70.2 cm³/mol. The quantitative estimate of drug-likeness (QED) is 0.901. The summed E-state index contributed by atoms with van der Waals surface area (Å²) in [7, 11) is 0. The maximum Gasteiger partial charge on any atom is 0.129 e. The van der Waals surface area contributed by atoms with Crippen LogP contribution < -0.4 is 5.32 Å². The summed E-state index contributed by atoms with van der Waals surface area (Å²) in [5, 5.41) is 4.01. The monoisotopic (exact) mass is 247 g/mol. The highest BCUT2D eigenvalue weighted by molar-refractivity contribution is 6.30. The number of benzene rings is 1. The summed E-state index contributed by atoms with van der Waals surface area (Å²) in [6.07, 6.45) is 2.50. The average molecular weight is 248 g/mol. The lowest BCUT2D eigenvalue weighted by molar-refractivity contribution is 0.987. The zero-order valence-electron chi connectivity index (χ0n) is 9.65. The molecule has 1 aromatic heterocycles. The van der Waals surface area contributed by atoms with Gasteiger partial charge in [-0.15, -0.1) is 0 Å². The normalized spacial score (nSPS) is 10.2. The smallest absolute Gasteiger partial charge is 0.129 e. The Bertz CT molecular complexity index is 482. The van der Waals surface area contributed by atoms with Crippen molar-refractivity contribution >= 4 is 17.4 Å². The van der Waals surface area contributed by atoms with Gasteiger partial charge >= 0.3 is 0 Å². The molecule has 3 nitrogen and oxygen atoms in total. The molecule has 17 heavy (non-hydrogen) atoms. The topological polar surface area (TPSA) is 37.8 Å². The Hall–Kier alpha value is -1.61. The van der Waals surface area contributed by atoms with E-state index in [0.717, 1.165) is 29.5 Å².